The van der Waals surface area contributed by atoms with Gasteiger partial charge >= 0.3 is 5.97 Å². The van der Waals surface area contributed by atoms with Gasteiger partial charge in [-0.2, -0.15) is 0 Å². The Morgan fingerprint density at radius 3 is 2.24 bits per heavy atom. The van der Waals surface area contributed by atoms with Crippen molar-refractivity contribution in [2.75, 3.05) is 7.11 Å². The topological polar surface area (TPSA) is 35.5 Å². The Hall–Kier alpha value is -3.33. The quantitative estimate of drug-likeness (QED) is 0.542. The number of hydrogen-bond acceptors (Lipinski definition) is 3. The van der Waals surface area contributed by atoms with Crippen molar-refractivity contribution in [3.8, 4) is 5.75 Å². The number of cyclic esters (lactones) is 1. The van der Waals surface area contributed by atoms with Crippen LogP contribution in [0.4, 0.5) is 0 Å². The number of esters is 1. The number of carbonyl (C=O) groups excluding carboxylic acids is 1. The van der Waals surface area contributed by atoms with Crippen LogP contribution in [0.1, 0.15) is 28.2 Å². The molecular weight excluding hydrogens is 360 g/mol. The number of ether oxygens (including phenoxy) is 2. The van der Waals surface area contributed by atoms with Crippen molar-refractivity contribution in [3.05, 3.63) is 107 Å². The van der Waals surface area contributed by atoms with Crippen LogP contribution in [0.15, 0.2) is 84.9 Å². The number of methoxy groups -OCH3 is 1. The van der Waals surface area contributed by atoms with Crippen molar-refractivity contribution in [1.29, 1.82) is 0 Å². The molecule has 1 aliphatic heterocycles. The maximum absolute atomic E-state index is 13.1. The van der Waals surface area contributed by atoms with Crippen LogP contribution in [0, 0.1) is 12.8 Å². The van der Waals surface area contributed by atoms with E-state index in [0.717, 1.165) is 22.4 Å². The van der Waals surface area contributed by atoms with Gasteiger partial charge in [-0.05, 0) is 42.7 Å². The molecule has 0 aromatic heterocycles. The molecule has 0 radical (unpaired) electrons. The average Bonchev–Trinajstić information content (AvgIpc) is 2.77. The molecule has 4 rings (SSSR count). The van der Waals surface area contributed by atoms with Crippen LogP contribution < -0.4 is 4.74 Å². The summed E-state index contributed by atoms with van der Waals surface area (Å²) in [6, 6.07) is 26.1. The van der Waals surface area contributed by atoms with Crippen molar-refractivity contribution in [3.63, 3.8) is 0 Å². The molecule has 3 aromatic carbocycles. The maximum atomic E-state index is 13.1. The van der Waals surface area contributed by atoms with Gasteiger partial charge in [-0.1, -0.05) is 72.3 Å². The van der Waals surface area contributed by atoms with Crippen LogP contribution in [0.3, 0.4) is 0 Å². The van der Waals surface area contributed by atoms with Crippen molar-refractivity contribution < 1.29 is 14.3 Å². The van der Waals surface area contributed by atoms with Crippen molar-refractivity contribution in [1.82, 2.24) is 0 Å². The molecule has 1 heterocycles. The summed E-state index contributed by atoms with van der Waals surface area (Å²) < 4.78 is 11.0. The third-order valence-corrected chi connectivity index (χ3v) is 5.41. The predicted octanol–water partition coefficient (Wildman–Crippen LogP) is 5.54. The second-order valence-corrected chi connectivity index (χ2v) is 7.41. The first-order chi connectivity index (χ1) is 14.1. The molecule has 3 nitrogen and oxygen atoms in total. The smallest absolute Gasteiger partial charge is 0.315 e. The largest absolute Gasteiger partial charge is 0.497 e. The molecular formula is C26H24O3. The first-order valence-corrected chi connectivity index (χ1v) is 9.82. The van der Waals surface area contributed by atoms with E-state index in [0.29, 0.717) is 12.2 Å². The van der Waals surface area contributed by atoms with Gasteiger partial charge in [-0.15, -0.1) is 0 Å². The Morgan fingerprint density at radius 1 is 0.897 bits per heavy atom. The minimum absolute atomic E-state index is 0.0471. The zero-order valence-corrected chi connectivity index (χ0v) is 16.7. The first-order valence-electron chi connectivity index (χ1n) is 9.82. The molecule has 0 amide bonds. The number of carbonyl (C=O) groups is 1. The van der Waals surface area contributed by atoms with Crippen molar-refractivity contribution in [2.45, 2.75) is 19.3 Å². The summed E-state index contributed by atoms with van der Waals surface area (Å²) in [6.07, 6.45) is 2.70. The lowest BCUT2D eigenvalue weighted by atomic mass is 9.80. The highest BCUT2D eigenvalue weighted by molar-refractivity contribution is 5.84. The Balaban J connectivity index is 1.70. The lowest BCUT2D eigenvalue weighted by molar-refractivity contribution is -0.142. The highest BCUT2D eigenvalue weighted by Crippen LogP contribution is 2.38. The normalized spacial score (nSPS) is 18.7. The zero-order valence-electron chi connectivity index (χ0n) is 16.7. The second kappa shape index (κ2) is 8.36. The van der Waals surface area contributed by atoms with Gasteiger partial charge in [-0.3, -0.25) is 4.79 Å². The fourth-order valence-electron chi connectivity index (χ4n) is 3.74. The molecule has 0 bridgehead atoms. The lowest BCUT2D eigenvalue weighted by Gasteiger charge is -2.29. The molecule has 146 valence electrons. The highest BCUT2D eigenvalue weighted by Gasteiger charge is 2.35. The van der Waals surface area contributed by atoms with Gasteiger partial charge in [0.1, 0.15) is 11.5 Å². The number of rotatable bonds is 5. The number of hydrogen-bond donors (Lipinski definition) is 0. The average molecular weight is 384 g/mol. The second-order valence-electron chi connectivity index (χ2n) is 7.41. The molecule has 0 spiro atoms. The summed E-state index contributed by atoms with van der Waals surface area (Å²) in [6.45, 7) is 2.07. The lowest BCUT2D eigenvalue weighted by Crippen LogP contribution is -2.29. The fraction of sp³-hybridized carbons (Fsp3) is 0.192. The number of benzene rings is 3. The monoisotopic (exact) mass is 384 g/mol. The van der Waals surface area contributed by atoms with Crippen LogP contribution in [0.2, 0.25) is 0 Å². The minimum atomic E-state index is -0.279. The Morgan fingerprint density at radius 2 is 1.59 bits per heavy atom. The molecule has 3 heteroatoms. The van der Waals surface area contributed by atoms with Gasteiger partial charge in [0.25, 0.3) is 0 Å². The van der Waals surface area contributed by atoms with E-state index in [1.807, 2.05) is 54.6 Å². The van der Waals surface area contributed by atoms with E-state index in [2.05, 4.69) is 37.3 Å². The van der Waals surface area contributed by atoms with E-state index in [-0.39, 0.29) is 17.8 Å². The van der Waals surface area contributed by atoms with Crippen LogP contribution in [0.5, 0.6) is 5.75 Å². The molecule has 0 saturated carbocycles. The Labute approximate surface area is 171 Å². The van der Waals surface area contributed by atoms with Gasteiger partial charge in [-0.25, -0.2) is 0 Å². The molecule has 1 aliphatic rings. The third kappa shape index (κ3) is 4.24. The van der Waals surface area contributed by atoms with E-state index in [9.17, 15) is 4.79 Å². The summed E-state index contributed by atoms with van der Waals surface area (Å²) >= 11 is 0. The summed E-state index contributed by atoms with van der Waals surface area (Å²) in [4.78, 5) is 13.1. The van der Waals surface area contributed by atoms with E-state index >= 15 is 0 Å². The SMILES string of the molecule is COc1ccc(C[C@@H]2C(=O)OC(c3ccccc3)=C[C@@H]2c2ccc(C)cc2)cc1. The molecule has 2 atom stereocenters. The van der Waals surface area contributed by atoms with Crippen LogP contribution in [-0.4, -0.2) is 13.1 Å². The van der Waals surface area contributed by atoms with E-state index in [1.54, 1.807) is 7.11 Å². The first kappa shape index (κ1) is 19.0. The van der Waals surface area contributed by atoms with Gasteiger partial charge in [0.05, 0.1) is 13.0 Å². The third-order valence-electron chi connectivity index (χ3n) is 5.41. The van der Waals surface area contributed by atoms with E-state index < -0.39 is 0 Å². The predicted molar refractivity (Wildman–Crippen MR) is 115 cm³/mol. The number of aryl methyl sites for hydroxylation is 1. The summed E-state index contributed by atoms with van der Waals surface area (Å²) in [5, 5.41) is 0. The van der Waals surface area contributed by atoms with Crippen LogP contribution in [0.25, 0.3) is 5.76 Å². The molecule has 0 unspecified atom stereocenters. The van der Waals surface area contributed by atoms with Gasteiger partial charge in [0, 0.05) is 11.5 Å². The Kier molecular flexibility index (Phi) is 5.48. The zero-order chi connectivity index (χ0) is 20.2. The molecule has 0 fully saturated rings. The number of allylic oxidation sites excluding steroid dienone is 1. The van der Waals surface area contributed by atoms with Gasteiger partial charge in [0.15, 0.2) is 0 Å². The molecule has 3 aromatic rings. The van der Waals surface area contributed by atoms with Crippen LogP contribution >= 0.6 is 0 Å². The van der Waals surface area contributed by atoms with Crippen LogP contribution in [-0.2, 0) is 16.0 Å². The minimum Gasteiger partial charge on any atom is -0.497 e. The van der Waals surface area contributed by atoms with E-state index in [1.165, 1.54) is 5.56 Å². The van der Waals surface area contributed by atoms with Crippen molar-refractivity contribution in [2.24, 2.45) is 5.92 Å². The summed E-state index contributed by atoms with van der Waals surface area (Å²) in [5.74, 6) is 0.925. The highest BCUT2D eigenvalue weighted by atomic mass is 16.5. The Bertz CT molecular complexity index is 1000. The fourth-order valence-corrected chi connectivity index (χ4v) is 3.74. The molecule has 0 N–H and O–H groups in total. The standard InChI is InChI=1S/C26H24O3/c1-18-8-12-20(13-9-18)23-17-25(21-6-4-3-5-7-21)29-26(27)24(23)16-19-10-14-22(28-2)15-11-19/h3-15,17,23-24H,16H2,1-2H3/t23-,24+/m1/s1. The molecule has 0 saturated heterocycles. The summed E-state index contributed by atoms with van der Waals surface area (Å²) in [7, 11) is 1.65. The molecule has 0 aliphatic carbocycles. The maximum Gasteiger partial charge on any atom is 0.315 e. The summed E-state index contributed by atoms with van der Waals surface area (Å²) in [5.41, 5.74) is 4.33. The van der Waals surface area contributed by atoms with Crippen molar-refractivity contribution >= 4 is 11.7 Å². The van der Waals surface area contributed by atoms with Gasteiger partial charge in [0.2, 0.25) is 0 Å². The van der Waals surface area contributed by atoms with Gasteiger partial charge < -0.3 is 9.47 Å². The molecule has 29 heavy (non-hydrogen) atoms. The van der Waals surface area contributed by atoms with E-state index in [4.69, 9.17) is 9.47 Å².